The van der Waals surface area contributed by atoms with Gasteiger partial charge in [-0.15, -0.1) is 11.3 Å². The second kappa shape index (κ2) is 10.4. The smallest absolute Gasteiger partial charge is 0.248 e. The number of nitrogens with two attached hydrogens (primary N) is 1. The third-order valence-corrected chi connectivity index (χ3v) is 6.02. The lowest BCUT2D eigenvalue weighted by molar-refractivity contribution is -0.121. The van der Waals surface area contributed by atoms with Gasteiger partial charge in [-0.2, -0.15) is 0 Å². The number of carbonyl (C=O) groups is 2. The first kappa shape index (κ1) is 22.0. The fourth-order valence-corrected chi connectivity index (χ4v) is 4.27. The molecule has 0 radical (unpaired) electrons. The quantitative estimate of drug-likeness (QED) is 0.513. The topological polar surface area (TPSA) is 85.1 Å². The van der Waals surface area contributed by atoms with E-state index in [0.29, 0.717) is 29.8 Å². The van der Waals surface area contributed by atoms with Gasteiger partial charge in [0.1, 0.15) is 5.01 Å². The number of hydrogen-bond acceptors (Lipinski definition) is 4. The molecule has 1 heterocycles. The standard InChI is InChI=1S/C23H24ClN3O2S/c1-2-19-14-30-23(26-19)20(13-16-6-9-17(10-7-16)22(25)29)27-21(28)11-8-15-4-3-5-18(24)12-15/h3-7,9-10,12,14,20H,2,8,11,13H2,1H3,(H2,25,29)(H,27,28). The molecule has 7 heteroatoms. The predicted molar refractivity (Wildman–Crippen MR) is 121 cm³/mol. The molecule has 156 valence electrons. The van der Waals surface area contributed by atoms with Gasteiger partial charge in [-0.3, -0.25) is 9.59 Å². The fraction of sp³-hybridized carbons (Fsp3) is 0.261. The zero-order valence-electron chi connectivity index (χ0n) is 16.7. The molecular weight excluding hydrogens is 418 g/mol. The van der Waals surface area contributed by atoms with Crippen molar-refractivity contribution in [3.05, 3.63) is 86.3 Å². The molecule has 2 aromatic carbocycles. The van der Waals surface area contributed by atoms with E-state index in [1.54, 1.807) is 23.5 Å². The minimum absolute atomic E-state index is 0.0398. The van der Waals surface area contributed by atoms with Crippen LogP contribution >= 0.6 is 22.9 Å². The van der Waals surface area contributed by atoms with Crippen LogP contribution in [0.15, 0.2) is 53.9 Å². The second-order valence-corrected chi connectivity index (χ2v) is 8.37. The number of primary amides is 1. The first-order valence-corrected chi connectivity index (χ1v) is 11.1. The zero-order valence-corrected chi connectivity index (χ0v) is 18.3. The molecule has 0 saturated carbocycles. The van der Waals surface area contributed by atoms with E-state index in [2.05, 4.69) is 17.2 Å². The van der Waals surface area contributed by atoms with Crippen LogP contribution in [0.1, 0.15) is 51.6 Å². The van der Waals surface area contributed by atoms with E-state index in [4.69, 9.17) is 17.3 Å². The molecule has 1 unspecified atom stereocenters. The molecule has 0 bridgehead atoms. The van der Waals surface area contributed by atoms with Gasteiger partial charge in [0.2, 0.25) is 11.8 Å². The van der Waals surface area contributed by atoms with Crippen molar-refractivity contribution < 1.29 is 9.59 Å². The summed E-state index contributed by atoms with van der Waals surface area (Å²) in [5, 5.41) is 6.69. The molecule has 5 nitrogen and oxygen atoms in total. The molecule has 3 rings (SSSR count). The molecule has 1 atom stereocenters. The van der Waals surface area contributed by atoms with E-state index in [9.17, 15) is 9.59 Å². The number of nitrogens with zero attached hydrogens (tertiary/aromatic N) is 1. The van der Waals surface area contributed by atoms with Crippen molar-refractivity contribution >= 4 is 34.8 Å². The van der Waals surface area contributed by atoms with Gasteiger partial charge in [0.05, 0.1) is 11.7 Å². The largest absolute Gasteiger partial charge is 0.366 e. The number of hydrogen-bond donors (Lipinski definition) is 2. The van der Waals surface area contributed by atoms with Gasteiger partial charge < -0.3 is 11.1 Å². The fourth-order valence-electron chi connectivity index (χ4n) is 3.10. The van der Waals surface area contributed by atoms with Crippen molar-refractivity contribution in [1.82, 2.24) is 10.3 Å². The van der Waals surface area contributed by atoms with E-state index in [1.807, 2.05) is 41.8 Å². The van der Waals surface area contributed by atoms with Gasteiger partial charge in [0.25, 0.3) is 0 Å². The Bertz CT molecular complexity index is 1020. The number of amides is 2. The Labute approximate surface area is 185 Å². The lowest BCUT2D eigenvalue weighted by Gasteiger charge is -2.17. The highest BCUT2D eigenvalue weighted by Gasteiger charge is 2.19. The molecule has 2 amide bonds. The third-order valence-electron chi connectivity index (χ3n) is 4.77. The van der Waals surface area contributed by atoms with Crippen molar-refractivity contribution in [2.24, 2.45) is 5.73 Å². The van der Waals surface area contributed by atoms with E-state index in [0.717, 1.165) is 28.2 Å². The van der Waals surface area contributed by atoms with Crippen molar-refractivity contribution in [3.63, 3.8) is 0 Å². The van der Waals surface area contributed by atoms with Gasteiger partial charge >= 0.3 is 0 Å². The first-order chi connectivity index (χ1) is 14.4. The summed E-state index contributed by atoms with van der Waals surface area (Å²) in [5.41, 5.74) is 8.81. The molecule has 0 aliphatic heterocycles. The summed E-state index contributed by atoms with van der Waals surface area (Å²) in [7, 11) is 0. The Morgan fingerprint density at radius 3 is 2.57 bits per heavy atom. The van der Waals surface area contributed by atoms with Crippen molar-refractivity contribution in [2.45, 2.75) is 38.6 Å². The van der Waals surface area contributed by atoms with Crippen LogP contribution in [-0.4, -0.2) is 16.8 Å². The van der Waals surface area contributed by atoms with Crippen LogP contribution in [0.3, 0.4) is 0 Å². The van der Waals surface area contributed by atoms with Gasteiger partial charge in [-0.1, -0.05) is 42.8 Å². The Kier molecular flexibility index (Phi) is 7.60. The summed E-state index contributed by atoms with van der Waals surface area (Å²) >= 11 is 7.58. The van der Waals surface area contributed by atoms with Crippen molar-refractivity contribution in [2.75, 3.05) is 0 Å². The van der Waals surface area contributed by atoms with Crippen LogP contribution in [0.4, 0.5) is 0 Å². The average Bonchev–Trinajstić information content (AvgIpc) is 3.21. The maximum absolute atomic E-state index is 12.7. The number of carbonyl (C=O) groups excluding carboxylic acids is 2. The Morgan fingerprint density at radius 2 is 1.93 bits per heavy atom. The molecular formula is C23H24ClN3O2S. The SMILES string of the molecule is CCc1csc(C(Cc2ccc(C(N)=O)cc2)NC(=O)CCc2cccc(Cl)c2)n1. The molecule has 0 aliphatic rings. The van der Waals surface area contributed by atoms with E-state index in [-0.39, 0.29) is 11.9 Å². The molecule has 0 fully saturated rings. The summed E-state index contributed by atoms with van der Waals surface area (Å²) in [6, 6.07) is 14.4. The van der Waals surface area contributed by atoms with Gasteiger partial charge in [0.15, 0.2) is 0 Å². The Hall–Kier alpha value is -2.70. The molecule has 3 aromatic rings. The zero-order chi connectivity index (χ0) is 21.5. The number of aromatic nitrogens is 1. The molecule has 0 spiro atoms. The van der Waals surface area contributed by atoms with Gasteiger partial charge in [-0.05, 0) is 54.7 Å². The van der Waals surface area contributed by atoms with Crippen molar-refractivity contribution in [3.8, 4) is 0 Å². The van der Waals surface area contributed by atoms with E-state index in [1.165, 1.54) is 0 Å². The summed E-state index contributed by atoms with van der Waals surface area (Å²) in [6.45, 7) is 2.06. The molecule has 3 N–H and O–H groups in total. The lowest BCUT2D eigenvalue weighted by atomic mass is 10.0. The minimum atomic E-state index is -0.458. The molecule has 0 aliphatic carbocycles. The van der Waals surface area contributed by atoms with Gasteiger partial charge in [-0.25, -0.2) is 4.98 Å². The average molecular weight is 442 g/mol. The van der Waals surface area contributed by atoms with Crippen LogP contribution in [0.25, 0.3) is 0 Å². The number of nitrogens with one attached hydrogen (secondary N) is 1. The van der Waals surface area contributed by atoms with Crippen LogP contribution in [0.2, 0.25) is 5.02 Å². The highest BCUT2D eigenvalue weighted by Crippen LogP contribution is 2.23. The number of aryl methyl sites for hydroxylation is 2. The summed E-state index contributed by atoms with van der Waals surface area (Å²) in [5.74, 6) is -0.498. The maximum Gasteiger partial charge on any atom is 0.248 e. The molecule has 1 aromatic heterocycles. The number of benzene rings is 2. The maximum atomic E-state index is 12.7. The van der Waals surface area contributed by atoms with Crippen LogP contribution in [-0.2, 0) is 24.1 Å². The Balaban J connectivity index is 1.70. The highest BCUT2D eigenvalue weighted by atomic mass is 35.5. The monoisotopic (exact) mass is 441 g/mol. The summed E-state index contributed by atoms with van der Waals surface area (Å²) < 4.78 is 0. The molecule has 0 saturated heterocycles. The number of rotatable bonds is 9. The predicted octanol–water partition coefficient (Wildman–Crippen LogP) is 4.49. The van der Waals surface area contributed by atoms with E-state index < -0.39 is 5.91 Å². The Morgan fingerprint density at radius 1 is 1.17 bits per heavy atom. The number of halogens is 1. The highest BCUT2D eigenvalue weighted by molar-refractivity contribution is 7.09. The lowest BCUT2D eigenvalue weighted by Crippen LogP contribution is -2.30. The first-order valence-electron chi connectivity index (χ1n) is 9.81. The van der Waals surface area contributed by atoms with Crippen LogP contribution in [0, 0.1) is 0 Å². The van der Waals surface area contributed by atoms with Gasteiger partial charge in [0, 0.05) is 22.4 Å². The summed E-state index contributed by atoms with van der Waals surface area (Å²) in [4.78, 5) is 28.6. The van der Waals surface area contributed by atoms with Crippen molar-refractivity contribution in [1.29, 1.82) is 0 Å². The summed E-state index contributed by atoms with van der Waals surface area (Å²) in [6.07, 6.45) is 2.41. The minimum Gasteiger partial charge on any atom is -0.366 e. The normalized spacial score (nSPS) is 11.8. The molecule has 30 heavy (non-hydrogen) atoms. The second-order valence-electron chi connectivity index (χ2n) is 7.05. The van der Waals surface area contributed by atoms with E-state index >= 15 is 0 Å². The van der Waals surface area contributed by atoms with Crippen LogP contribution < -0.4 is 11.1 Å². The van der Waals surface area contributed by atoms with Crippen LogP contribution in [0.5, 0.6) is 0 Å². The third kappa shape index (κ3) is 6.15. The number of thiazole rings is 1.